The maximum absolute atomic E-state index is 4.25. The minimum Gasteiger partial charge on any atom is -0.366 e. The van der Waals surface area contributed by atoms with Gasteiger partial charge in [0.05, 0.1) is 5.00 Å². The molecule has 18 heavy (non-hydrogen) atoms. The lowest BCUT2D eigenvalue weighted by atomic mass is 10.2. The van der Waals surface area contributed by atoms with Crippen molar-refractivity contribution in [2.75, 3.05) is 23.7 Å². The van der Waals surface area contributed by atoms with E-state index in [0.29, 0.717) is 6.04 Å². The number of aromatic nitrogens is 2. The van der Waals surface area contributed by atoms with Crippen LogP contribution in [0.25, 0.3) is 0 Å². The molecule has 0 amide bonds. The zero-order valence-electron chi connectivity index (χ0n) is 9.89. The average molecular weight is 261 g/mol. The summed E-state index contributed by atoms with van der Waals surface area (Å²) in [5.41, 5.74) is 0. The van der Waals surface area contributed by atoms with E-state index in [2.05, 4.69) is 25.9 Å². The number of hydrogen-bond acceptors (Lipinski definition) is 6. The smallest absolute Gasteiger partial charge is 0.136 e. The van der Waals surface area contributed by atoms with E-state index in [1.165, 1.54) is 0 Å². The third-order valence-corrected chi connectivity index (χ3v) is 3.64. The normalized spacial score (nSPS) is 18.8. The van der Waals surface area contributed by atoms with E-state index in [4.69, 9.17) is 0 Å². The van der Waals surface area contributed by atoms with Crippen LogP contribution in [0.4, 0.5) is 16.6 Å². The molecule has 0 saturated carbocycles. The molecule has 1 fully saturated rings. The zero-order chi connectivity index (χ0) is 12.2. The van der Waals surface area contributed by atoms with Gasteiger partial charge in [0.15, 0.2) is 0 Å². The number of rotatable bonds is 4. The van der Waals surface area contributed by atoms with Gasteiger partial charge in [-0.1, -0.05) is 0 Å². The van der Waals surface area contributed by atoms with Crippen LogP contribution < -0.4 is 16.0 Å². The van der Waals surface area contributed by atoms with Crippen LogP contribution in [0.3, 0.4) is 0 Å². The van der Waals surface area contributed by atoms with E-state index in [0.717, 1.165) is 36.1 Å². The molecule has 0 radical (unpaired) electrons. The second kappa shape index (κ2) is 5.32. The summed E-state index contributed by atoms with van der Waals surface area (Å²) >= 11 is 1.65. The fourth-order valence-corrected chi connectivity index (χ4v) is 2.59. The summed E-state index contributed by atoms with van der Waals surface area (Å²) in [6.07, 6.45) is 2.72. The Balaban J connectivity index is 1.68. The largest absolute Gasteiger partial charge is 0.366 e. The Labute approximate surface area is 110 Å². The number of anilines is 3. The Hall–Kier alpha value is -1.66. The molecule has 0 bridgehead atoms. The van der Waals surface area contributed by atoms with Gasteiger partial charge in [0.2, 0.25) is 0 Å². The fourth-order valence-electron chi connectivity index (χ4n) is 1.97. The molecule has 5 nitrogen and oxygen atoms in total. The summed E-state index contributed by atoms with van der Waals surface area (Å²) in [5, 5.41) is 13.1. The van der Waals surface area contributed by atoms with Crippen molar-refractivity contribution in [2.24, 2.45) is 0 Å². The van der Waals surface area contributed by atoms with Crippen LogP contribution >= 0.6 is 11.3 Å². The molecule has 94 valence electrons. The molecule has 3 N–H and O–H groups in total. The summed E-state index contributed by atoms with van der Waals surface area (Å²) in [5.74, 6) is 1.69. The second-order valence-electron chi connectivity index (χ2n) is 4.22. The summed E-state index contributed by atoms with van der Waals surface area (Å²) in [4.78, 5) is 8.46. The standard InChI is InChI=1S/C12H15N5S/c1-2-12(18-5-1)17-11-6-10(14-8-15-11)16-9-3-4-13-7-9/h1-2,5-6,8-9,13H,3-4,7H2,(H2,14,15,16,17). The topological polar surface area (TPSA) is 61.9 Å². The van der Waals surface area contributed by atoms with Crippen molar-refractivity contribution in [3.05, 3.63) is 29.9 Å². The highest BCUT2D eigenvalue weighted by atomic mass is 32.1. The van der Waals surface area contributed by atoms with Gasteiger partial charge < -0.3 is 16.0 Å². The Morgan fingerprint density at radius 2 is 2.28 bits per heavy atom. The minimum absolute atomic E-state index is 0.467. The van der Waals surface area contributed by atoms with Crippen molar-refractivity contribution in [3.8, 4) is 0 Å². The molecule has 0 aromatic carbocycles. The first kappa shape index (κ1) is 11.4. The molecular weight excluding hydrogens is 246 g/mol. The summed E-state index contributed by atoms with van der Waals surface area (Å²) in [6, 6.07) is 6.45. The SMILES string of the molecule is c1csc(Nc2cc(NC3CCNC3)ncn2)c1. The van der Waals surface area contributed by atoms with E-state index in [1.807, 2.05) is 23.6 Å². The van der Waals surface area contributed by atoms with Crippen molar-refractivity contribution in [3.63, 3.8) is 0 Å². The molecule has 2 aromatic rings. The van der Waals surface area contributed by atoms with Gasteiger partial charge in [0.25, 0.3) is 0 Å². The molecule has 6 heteroatoms. The van der Waals surface area contributed by atoms with Gasteiger partial charge in [-0.3, -0.25) is 0 Å². The summed E-state index contributed by atoms with van der Waals surface area (Å²) in [6.45, 7) is 2.07. The fraction of sp³-hybridized carbons (Fsp3) is 0.333. The highest BCUT2D eigenvalue weighted by Crippen LogP contribution is 2.21. The highest BCUT2D eigenvalue weighted by Gasteiger charge is 2.14. The molecule has 0 aliphatic carbocycles. The van der Waals surface area contributed by atoms with Crippen LogP contribution in [0.1, 0.15) is 6.42 Å². The molecule has 3 rings (SSSR count). The Morgan fingerprint density at radius 1 is 1.33 bits per heavy atom. The number of nitrogens with zero attached hydrogens (tertiary/aromatic N) is 2. The lowest BCUT2D eigenvalue weighted by Crippen LogP contribution is -2.22. The molecule has 1 aliphatic rings. The van der Waals surface area contributed by atoms with Crippen molar-refractivity contribution < 1.29 is 0 Å². The first-order valence-corrected chi connectivity index (χ1v) is 6.88. The van der Waals surface area contributed by atoms with Crippen LogP contribution in [-0.4, -0.2) is 29.1 Å². The first-order valence-electron chi connectivity index (χ1n) is 6.00. The van der Waals surface area contributed by atoms with E-state index in [9.17, 15) is 0 Å². The minimum atomic E-state index is 0.467. The van der Waals surface area contributed by atoms with Gasteiger partial charge >= 0.3 is 0 Å². The Morgan fingerprint density at radius 3 is 3.06 bits per heavy atom. The maximum atomic E-state index is 4.25. The van der Waals surface area contributed by atoms with Gasteiger partial charge in [-0.25, -0.2) is 9.97 Å². The van der Waals surface area contributed by atoms with Gasteiger partial charge in [-0.2, -0.15) is 0 Å². The van der Waals surface area contributed by atoms with Gasteiger partial charge in [0, 0.05) is 18.7 Å². The number of hydrogen-bond donors (Lipinski definition) is 3. The molecule has 1 unspecified atom stereocenters. The van der Waals surface area contributed by atoms with Gasteiger partial charge in [0.1, 0.15) is 18.0 Å². The van der Waals surface area contributed by atoms with Crippen LogP contribution in [0, 0.1) is 0 Å². The van der Waals surface area contributed by atoms with Crippen LogP contribution in [0.5, 0.6) is 0 Å². The molecule has 1 aliphatic heterocycles. The summed E-state index contributed by atoms with van der Waals surface area (Å²) < 4.78 is 0. The number of thiophene rings is 1. The third kappa shape index (κ3) is 2.77. The van der Waals surface area contributed by atoms with Crippen molar-refractivity contribution in [2.45, 2.75) is 12.5 Å². The van der Waals surface area contributed by atoms with E-state index in [-0.39, 0.29) is 0 Å². The third-order valence-electron chi connectivity index (χ3n) is 2.85. The van der Waals surface area contributed by atoms with Gasteiger partial charge in [-0.15, -0.1) is 11.3 Å². The molecular formula is C12H15N5S. The number of nitrogens with one attached hydrogen (secondary N) is 3. The lowest BCUT2D eigenvalue weighted by Gasteiger charge is -2.12. The lowest BCUT2D eigenvalue weighted by molar-refractivity contribution is 0.787. The summed E-state index contributed by atoms with van der Waals surface area (Å²) in [7, 11) is 0. The van der Waals surface area contributed by atoms with Crippen molar-refractivity contribution in [1.82, 2.24) is 15.3 Å². The molecule has 2 aromatic heterocycles. The Bertz CT molecular complexity index is 493. The van der Waals surface area contributed by atoms with Crippen molar-refractivity contribution in [1.29, 1.82) is 0 Å². The van der Waals surface area contributed by atoms with Crippen molar-refractivity contribution >= 4 is 28.0 Å². The van der Waals surface area contributed by atoms with E-state index >= 15 is 0 Å². The highest BCUT2D eigenvalue weighted by molar-refractivity contribution is 7.14. The predicted octanol–water partition coefficient (Wildman–Crippen LogP) is 2.06. The van der Waals surface area contributed by atoms with Crippen LogP contribution in [0.2, 0.25) is 0 Å². The molecule has 1 atom stereocenters. The monoisotopic (exact) mass is 261 g/mol. The second-order valence-corrected chi connectivity index (χ2v) is 5.17. The first-order chi connectivity index (χ1) is 8.90. The average Bonchev–Trinajstić information content (AvgIpc) is 3.03. The quantitative estimate of drug-likeness (QED) is 0.786. The van der Waals surface area contributed by atoms with Gasteiger partial charge in [-0.05, 0) is 30.5 Å². The predicted molar refractivity (Wildman–Crippen MR) is 74.5 cm³/mol. The van der Waals surface area contributed by atoms with Crippen LogP contribution in [0.15, 0.2) is 29.9 Å². The Kier molecular flexibility index (Phi) is 3.38. The van der Waals surface area contributed by atoms with E-state index in [1.54, 1.807) is 17.7 Å². The molecule has 3 heterocycles. The molecule has 1 saturated heterocycles. The zero-order valence-corrected chi connectivity index (χ0v) is 10.7. The van der Waals surface area contributed by atoms with Crippen LogP contribution in [-0.2, 0) is 0 Å². The molecule has 0 spiro atoms. The maximum Gasteiger partial charge on any atom is 0.136 e. The van der Waals surface area contributed by atoms with E-state index < -0.39 is 0 Å².